The standard InChI is InChI=1S/C23H27N5O/c1-27(2)23(29)21(17-10-5-3-6-11-17)24-19-13-9-12-18(16-19)22-26-25-20-14-7-4-8-15-28(20)22/h3,5-6,9-13,16,21,24H,4,7-8,14-15H2,1-2H3/t21-/m1/s1. The minimum atomic E-state index is -0.447. The number of benzene rings is 2. The van der Waals surface area contributed by atoms with Gasteiger partial charge in [-0.05, 0) is 30.5 Å². The maximum Gasteiger partial charge on any atom is 0.249 e. The highest BCUT2D eigenvalue weighted by Crippen LogP contribution is 2.27. The van der Waals surface area contributed by atoms with Crippen LogP contribution in [-0.2, 0) is 17.8 Å². The highest BCUT2D eigenvalue weighted by molar-refractivity contribution is 5.86. The molecule has 29 heavy (non-hydrogen) atoms. The fourth-order valence-corrected chi connectivity index (χ4v) is 3.80. The fraction of sp³-hybridized carbons (Fsp3) is 0.348. The molecule has 1 N–H and O–H groups in total. The number of hydrogen-bond acceptors (Lipinski definition) is 4. The van der Waals surface area contributed by atoms with Gasteiger partial charge in [0.1, 0.15) is 11.9 Å². The first kappa shape index (κ1) is 19.2. The van der Waals surface area contributed by atoms with Crippen LogP contribution in [-0.4, -0.2) is 39.7 Å². The van der Waals surface area contributed by atoms with Crippen LogP contribution in [0.4, 0.5) is 5.69 Å². The first-order chi connectivity index (χ1) is 14.1. The third-order valence-electron chi connectivity index (χ3n) is 5.36. The van der Waals surface area contributed by atoms with E-state index in [1.54, 1.807) is 19.0 Å². The van der Waals surface area contributed by atoms with Gasteiger partial charge in [0.15, 0.2) is 5.82 Å². The third-order valence-corrected chi connectivity index (χ3v) is 5.36. The molecule has 1 aliphatic heterocycles. The second-order valence-electron chi connectivity index (χ2n) is 7.70. The van der Waals surface area contributed by atoms with Gasteiger partial charge in [0.05, 0.1) is 0 Å². The van der Waals surface area contributed by atoms with Crippen LogP contribution in [0.1, 0.15) is 36.7 Å². The minimum Gasteiger partial charge on any atom is -0.370 e. The van der Waals surface area contributed by atoms with E-state index in [4.69, 9.17) is 0 Å². The average molecular weight is 390 g/mol. The van der Waals surface area contributed by atoms with Crippen molar-refractivity contribution in [3.05, 3.63) is 66.0 Å². The Balaban J connectivity index is 1.64. The molecule has 0 bridgehead atoms. The number of carbonyl (C=O) groups excluding carboxylic acids is 1. The molecule has 1 aromatic heterocycles. The van der Waals surface area contributed by atoms with Crippen LogP contribution < -0.4 is 5.32 Å². The van der Waals surface area contributed by atoms with Crippen LogP contribution >= 0.6 is 0 Å². The summed E-state index contributed by atoms with van der Waals surface area (Å²) in [6.07, 6.45) is 4.54. The summed E-state index contributed by atoms with van der Waals surface area (Å²) in [5, 5.41) is 12.3. The zero-order valence-corrected chi connectivity index (χ0v) is 17.0. The molecular formula is C23H27N5O. The van der Waals surface area contributed by atoms with Crippen LogP contribution in [0, 0.1) is 0 Å². The van der Waals surface area contributed by atoms with Crippen LogP contribution in [0.25, 0.3) is 11.4 Å². The maximum absolute atomic E-state index is 12.8. The smallest absolute Gasteiger partial charge is 0.249 e. The zero-order chi connectivity index (χ0) is 20.2. The molecule has 0 saturated carbocycles. The molecule has 1 amide bonds. The molecule has 0 radical (unpaired) electrons. The van der Waals surface area contributed by atoms with E-state index in [1.165, 1.54) is 12.8 Å². The summed E-state index contributed by atoms with van der Waals surface area (Å²) in [6, 6.07) is 17.5. The molecule has 0 spiro atoms. The highest BCUT2D eigenvalue weighted by atomic mass is 16.2. The molecule has 3 aromatic rings. The Labute approximate surface area is 171 Å². The van der Waals surface area contributed by atoms with E-state index in [-0.39, 0.29) is 5.91 Å². The highest BCUT2D eigenvalue weighted by Gasteiger charge is 2.22. The zero-order valence-electron chi connectivity index (χ0n) is 17.0. The number of likely N-dealkylation sites (N-methyl/N-ethyl adjacent to an activating group) is 1. The molecular weight excluding hydrogens is 362 g/mol. The van der Waals surface area contributed by atoms with Crippen molar-refractivity contribution in [1.82, 2.24) is 19.7 Å². The molecule has 2 aromatic carbocycles. The third kappa shape index (κ3) is 4.16. The van der Waals surface area contributed by atoms with E-state index in [0.717, 1.165) is 47.8 Å². The van der Waals surface area contributed by atoms with E-state index in [2.05, 4.69) is 32.2 Å². The second-order valence-corrected chi connectivity index (χ2v) is 7.70. The summed E-state index contributed by atoms with van der Waals surface area (Å²) >= 11 is 0. The normalized spacial score (nSPS) is 14.6. The Hall–Kier alpha value is -3.15. The van der Waals surface area contributed by atoms with E-state index in [1.807, 2.05) is 42.5 Å². The van der Waals surface area contributed by atoms with Gasteiger partial charge < -0.3 is 14.8 Å². The molecule has 0 saturated heterocycles. The van der Waals surface area contributed by atoms with E-state index in [0.29, 0.717) is 0 Å². The first-order valence-corrected chi connectivity index (χ1v) is 10.2. The van der Waals surface area contributed by atoms with Crippen molar-refractivity contribution in [3.63, 3.8) is 0 Å². The Kier molecular flexibility index (Phi) is 5.60. The molecule has 6 nitrogen and oxygen atoms in total. The van der Waals surface area contributed by atoms with Gasteiger partial charge in [-0.25, -0.2) is 0 Å². The lowest BCUT2D eigenvalue weighted by Crippen LogP contribution is -2.32. The number of aryl methyl sites for hydroxylation is 1. The molecule has 4 rings (SSSR count). The number of anilines is 1. The Morgan fingerprint density at radius 3 is 2.66 bits per heavy atom. The molecule has 1 atom stereocenters. The average Bonchev–Trinajstić information content (AvgIpc) is 3.00. The minimum absolute atomic E-state index is 0.0120. The molecule has 0 fully saturated rings. The fourth-order valence-electron chi connectivity index (χ4n) is 3.80. The van der Waals surface area contributed by atoms with Gasteiger partial charge in [0.2, 0.25) is 5.91 Å². The van der Waals surface area contributed by atoms with Crippen LogP contribution in [0.2, 0.25) is 0 Å². The molecule has 0 unspecified atom stereocenters. The topological polar surface area (TPSA) is 63.1 Å². The number of aromatic nitrogens is 3. The van der Waals surface area contributed by atoms with Gasteiger partial charge in [-0.15, -0.1) is 10.2 Å². The molecule has 6 heteroatoms. The number of fused-ring (bicyclic) bond motifs is 1. The summed E-state index contributed by atoms with van der Waals surface area (Å²) in [4.78, 5) is 14.4. The number of hydrogen-bond donors (Lipinski definition) is 1. The quantitative estimate of drug-likeness (QED) is 0.719. The Morgan fingerprint density at radius 1 is 1.03 bits per heavy atom. The van der Waals surface area contributed by atoms with Crippen molar-refractivity contribution in [2.24, 2.45) is 0 Å². The second kappa shape index (κ2) is 8.47. The molecule has 0 aliphatic carbocycles. The predicted octanol–water partition coefficient (Wildman–Crippen LogP) is 3.91. The SMILES string of the molecule is CN(C)C(=O)[C@H](Nc1cccc(-c2nnc3n2CCCCC3)c1)c1ccccc1. The van der Waals surface area contributed by atoms with Gasteiger partial charge in [-0.3, -0.25) is 4.79 Å². The number of carbonyl (C=O) groups is 1. The molecule has 1 aliphatic rings. The summed E-state index contributed by atoms with van der Waals surface area (Å²) in [5.41, 5.74) is 2.84. The largest absolute Gasteiger partial charge is 0.370 e. The van der Waals surface area contributed by atoms with Crippen molar-refractivity contribution in [2.75, 3.05) is 19.4 Å². The van der Waals surface area contributed by atoms with Crippen LogP contribution in [0.5, 0.6) is 0 Å². The number of amides is 1. The lowest BCUT2D eigenvalue weighted by Gasteiger charge is -2.23. The van der Waals surface area contributed by atoms with Crippen LogP contribution in [0.3, 0.4) is 0 Å². The lowest BCUT2D eigenvalue weighted by molar-refractivity contribution is -0.129. The monoisotopic (exact) mass is 389 g/mol. The Bertz CT molecular complexity index is 980. The van der Waals surface area contributed by atoms with Gasteiger partial charge in [0.25, 0.3) is 0 Å². The van der Waals surface area contributed by atoms with Gasteiger partial charge in [-0.2, -0.15) is 0 Å². The van der Waals surface area contributed by atoms with Crippen molar-refractivity contribution in [1.29, 1.82) is 0 Å². The first-order valence-electron chi connectivity index (χ1n) is 10.2. The van der Waals surface area contributed by atoms with E-state index in [9.17, 15) is 4.79 Å². The summed E-state index contributed by atoms with van der Waals surface area (Å²) in [7, 11) is 3.56. The van der Waals surface area contributed by atoms with Crippen LogP contribution in [0.15, 0.2) is 54.6 Å². The van der Waals surface area contributed by atoms with Crippen molar-refractivity contribution in [3.8, 4) is 11.4 Å². The van der Waals surface area contributed by atoms with Gasteiger partial charge >= 0.3 is 0 Å². The predicted molar refractivity (Wildman–Crippen MR) is 115 cm³/mol. The number of rotatable bonds is 5. The summed E-state index contributed by atoms with van der Waals surface area (Å²) in [6.45, 7) is 0.959. The van der Waals surface area contributed by atoms with Crippen molar-refractivity contribution in [2.45, 2.75) is 38.3 Å². The lowest BCUT2D eigenvalue weighted by atomic mass is 10.0. The molecule has 2 heterocycles. The number of nitrogens with zero attached hydrogens (tertiary/aromatic N) is 4. The summed E-state index contributed by atoms with van der Waals surface area (Å²) in [5.74, 6) is 1.99. The van der Waals surface area contributed by atoms with Gasteiger partial charge in [0, 0.05) is 38.3 Å². The van der Waals surface area contributed by atoms with Gasteiger partial charge in [-0.1, -0.05) is 48.9 Å². The summed E-state index contributed by atoms with van der Waals surface area (Å²) < 4.78 is 2.24. The maximum atomic E-state index is 12.8. The van der Waals surface area contributed by atoms with Crippen molar-refractivity contribution < 1.29 is 4.79 Å². The van der Waals surface area contributed by atoms with Crippen molar-refractivity contribution >= 4 is 11.6 Å². The molecule has 150 valence electrons. The van der Waals surface area contributed by atoms with E-state index < -0.39 is 6.04 Å². The Morgan fingerprint density at radius 2 is 1.86 bits per heavy atom. The van der Waals surface area contributed by atoms with E-state index >= 15 is 0 Å². The number of nitrogens with one attached hydrogen (secondary N) is 1.